The van der Waals surface area contributed by atoms with Crippen molar-refractivity contribution in [3.63, 3.8) is 0 Å². The molecule has 5 N–H and O–H groups in total. The fraction of sp³-hybridized carbons (Fsp3) is 0.400. The van der Waals surface area contributed by atoms with Crippen LogP contribution in [-0.2, 0) is 20.0 Å². The zero-order valence-electron chi connectivity index (χ0n) is 10.6. The molecule has 10 heteroatoms. The van der Waals surface area contributed by atoms with Crippen LogP contribution < -0.4 is 9.86 Å². The van der Waals surface area contributed by atoms with E-state index in [1.807, 2.05) is 0 Å². The lowest BCUT2D eigenvalue weighted by Crippen LogP contribution is -2.43. The molecular weight excluding hydrogens is 308 g/mol. The maximum atomic E-state index is 11.9. The van der Waals surface area contributed by atoms with Crippen molar-refractivity contribution < 1.29 is 27.0 Å². The summed E-state index contributed by atoms with van der Waals surface area (Å²) in [4.78, 5) is -0.646. The van der Waals surface area contributed by atoms with Gasteiger partial charge < -0.3 is 10.2 Å². The monoisotopic (exact) mass is 324 g/mol. The summed E-state index contributed by atoms with van der Waals surface area (Å²) in [6.07, 6.45) is 0. The standard InChI is InChI=1S/C10H16N2O6S2/c1-10(14,7-13)6-12-20(17,18)9-4-2-3-8(5-9)19(11,15)16/h2-5,12-14H,6-7H2,1H3,(H2,11,15,16). The van der Waals surface area contributed by atoms with Crippen LogP contribution in [0.2, 0.25) is 0 Å². The van der Waals surface area contributed by atoms with E-state index in [0.29, 0.717) is 0 Å². The number of rotatable bonds is 6. The molecule has 1 rings (SSSR count). The number of nitrogens with one attached hydrogen (secondary N) is 1. The Labute approximate surface area is 117 Å². The van der Waals surface area contributed by atoms with E-state index >= 15 is 0 Å². The van der Waals surface area contributed by atoms with Gasteiger partial charge in [-0.2, -0.15) is 0 Å². The molecule has 0 bridgehead atoms. The minimum atomic E-state index is -4.03. The largest absolute Gasteiger partial charge is 0.393 e. The van der Waals surface area contributed by atoms with Gasteiger partial charge in [-0.3, -0.25) is 0 Å². The number of benzene rings is 1. The van der Waals surface area contributed by atoms with Crippen molar-refractivity contribution in [1.29, 1.82) is 0 Å². The number of hydrogen-bond acceptors (Lipinski definition) is 6. The van der Waals surface area contributed by atoms with Gasteiger partial charge in [-0.25, -0.2) is 26.7 Å². The first kappa shape index (κ1) is 17.0. The molecular formula is C10H16N2O6S2. The lowest BCUT2D eigenvalue weighted by molar-refractivity contribution is 0.00681. The molecule has 0 fully saturated rings. The highest BCUT2D eigenvalue weighted by Crippen LogP contribution is 2.15. The van der Waals surface area contributed by atoms with Gasteiger partial charge in [0.1, 0.15) is 0 Å². The number of hydrogen-bond donors (Lipinski definition) is 4. The highest BCUT2D eigenvalue weighted by atomic mass is 32.2. The van der Waals surface area contributed by atoms with E-state index in [4.69, 9.17) is 10.2 Å². The summed E-state index contributed by atoms with van der Waals surface area (Å²) in [5.41, 5.74) is -1.62. The average Bonchev–Trinajstić information content (AvgIpc) is 2.36. The third-order valence-corrected chi connectivity index (χ3v) is 4.74. The molecule has 20 heavy (non-hydrogen) atoms. The zero-order valence-corrected chi connectivity index (χ0v) is 12.3. The Morgan fingerprint density at radius 3 is 2.30 bits per heavy atom. The van der Waals surface area contributed by atoms with Gasteiger partial charge in [-0.15, -0.1) is 0 Å². The van der Waals surface area contributed by atoms with Crippen LogP contribution >= 0.6 is 0 Å². The van der Waals surface area contributed by atoms with E-state index < -0.39 is 38.8 Å². The molecule has 1 aromatic rings. The number of aliphatic hydroxyl groups excluding tert-OH is 1. The van der Waals surface area contributed by atoms with Crippen LogP contribution in [0.25, 0.3) is 0 Å². The van der Waals surface area contributed by atoms with Crippen molar-refractivity contribution in [2.75, 3.05) is 13.2 Å². The number of sulfonamides is 2. The molecule has 0 amide bonds. The van der Waals surface area contributed by atoms with Crippen molar-refractivity contribution in [1.82, 2.24) is 4.72 Å². The Bertz CT molecular complexity index is 681. The Balaban J connectivity index is 3.05. The molecule has 0 saturated carbocycles. The summed E-state index contributed by atoms with van der Waals surface area (Å²) in [5, 5.41) is 23.3. The normalized spacial score (nSPS) is 15.8. The smallest absolute Gasteiger partial charge is 0.240 e. The van der Waals surface area contributed by atoms with Crippen LogP contribution in [-0.4, -0.2) is 45.8 Å². The molecule has 114 valence electrons. The van der Waals surface area contributed by atoms with E-state index in [1.165, 1.54) is 19.1 Å². The average molecular weight is 324 g/mol. The van der Waals surface area contributed by atoms with Crippen molar-refractivity contribution in [3.8, 4) is 0 Å². The van der Waals surface area contributed by atoms with Crippen LogP contribution in [0, 0.1) is 0 Å². The van der Waals surface area contributed by atoms with Gasteiger partial charge in [0.2, 0.25) is 20.0 Å². The highest BCUT2D eigenvalue weighted by molar-refractivity contribution is 7.90. The molecule has 0 aromatic heterocycles. The Morgan fingerprint density at radius 2 is 1.80 bits per heavy atom. The molecule has 1 unspecified atom stereocenters. The molecule has 0 radical (unpaired) electrons. The molecule has 0 aliphatic heterocycles. The van der Waals surface area contributed by atoms with E-state index in [9.17, 15) is 21.9 Å². The fourth-order valence-corrected chi connectivity index (χ4v) is 3.05. The van der Waals surface area contributed by atoms with E-state index in [-0.39, 0.29) is 9.79 Å². The maximum absolute atomic E-state index is 11.9. The predicted molar refractivity (Wildman–Crippen MR) is 70.7 cm³/mol. The molecule has 0 heterocycles. The van der Waals surface area contributed by atoms with Crippen molar-refractivity contribution >= 4 is 20.0 Å². The van der Waals surface area contributed by atoms with E-state index in [1.54, 1.807) is 0 Å². The second kappa shape index (κ2) is 5.76. The lowest BCUT2D eigenvalue weighted by atomic mass is 10.1. The summed E-state index contributed by atoms with van der Waals surface area (Å²) < 4.78 is 48.3. The van der Waals surface area contributed by atoms with Crippen molar-refractivity contribution in [2.45, 2.75) is 22.3 Å². The van der Waals surface area contributed by atoms with Crippen LogP contribution in [0.15, 0.2) is 34.1 Å². The van der Waals surface area contributed by atoms with Crippen LogP contribution in [0.1, 0.15) is 6.92 Å². The summed E-state index contributed by atoms with van der Waals surface area (Å²) >= 11 is 0. The van der Waals surface area contributed by atoms with Crippen molar-refractivity contribution in [3.05, 3.63) is 24.3 Å². The minimum Gasteiger partial charge on any atom is -0.393 e. The molecule has 1 atom stereocenters. The molecule has 0 aliphatic rings. The summed E-state index contributed by atoms with van der Waals surface area (Å²) in [6.45, 7) is 0.189. The van der Waals surface area contributed by atoms with E-state index in [0.717, 1.165) is 12.1 Å². The minimum absolute atomic E-state index is 0.308. The first-order valence-electron chi connectivity index (χ1n) is 5.44. The molecule has 0 spiro atoms. The third kappa shape index (κ3) is 4.51. The van der Waals surface area contributed by atoms with Crippen molar-refractivity contribution in [2.24, 2.45) is 5.14 Å². The SMILES string of the molecule is CC(O)(CO)CNS(=O)(=O)c1cccc(S(N)(=O)=O)c1. The second-order valence-electron chi connectivity index (χ2n) is 4.50. The van der Waals surface area contributed by atoms with E-state index in [2.05, 4.69) is 4.72 Å². The second-order valence-corrected chi connectivity index (χ2v) is 7.83. The van der Waals surface area contributed by atoms with Gasteiger partial charge in [-0.1, -0.05) is 6.07 Å². The van der Waals surface area contributed by atoms with Gasteiger partial charge in [0.15, 0.2) is 0 Å². The fourth-order valence-electron chi connectivity index (χ4n) is 1.21. The Hall–Kier alpha value is -1.04. The first-order chi connectivity index (χ1) is 8.98. The number of primary sulfonamides is 1. The molecule has 0 aliphatic carbocycles. The quantitative estimate of drug-likeness (QED) is 0.493. The zero-order chi connectivity index (χ0) is 15.6. The number of nitrogens with two attached hydrogens (primary N) is 1. The topological polar surface area (TPSA) is 147 Å². The van der Waals surface area contributed by atoms with Gasteiger partial charge in [0, 0.05) is 6.54 Å². The molecule has 8 nitrogen and oxygen atoms in total. The summed E-state index contributed by atoms with van der Waals surface area (Å²) in [7, 11) is -8.04. The van der Waals surface area contributed by atoms with Crippen LogP contribution in [0.4, 0.5) is 0 Å². The van der Waals surface area contributed by atoms with Gasteiger partial charge in [0.25, 0.3) is 0 Å². The van der Waals surface area contributed by atoms with Gasteiger partial charge >= 0.3 is 0 Å². The first-order valence-corrected chi connectivity index (χ1v) is 8.47. The highest BCUT2D eigenvalue weighted by Gasteiger charge is 2.24. The predicted octanol–water partition coefficient (Wildman–Crippen LogP) is -1.64. The molecule has 0 saturated heterocycles. The van der Waals surface area contributed by atoms with Crippen LogP contribution in [0.3, 0.4) is 0 Å². The molecule has 1 aromatic carbocycles. The van der Waals surface area contributed by atoms with Gasteiger partial charge in [0.05, 0.1) is 22.0 Å². The summed E-state index contributed by atoms with van der Waals surface area (Å²) in [5.74, 6) is 0. The third-order valence-electron chi connectivity index (χ3n) is 2.43. The number of aliphatic hydroxyl groups is 2. The van der Waals surface area contributed by atoms with Crippen LogP contribution in [0.5, 0.6) is 0 Å². The Kier molecular flexibility index (Phi) is 4.90. The summed E-state index contributed by atoms with van der Waals surface area (Å²) in [6, 6.07) is 4.49. The maximum Gasteiger partial charge on any atom is 0.240 e. The Morgan fingerprint density at radius 1 is 1.25 bits per heavy atom. The lowest BCUT2D eigenvalue weighted by Gasteiger charge is -2.20. The van der Waals surface area contributed by atoms with Gasteiger partial charge in [-0.05, 0) is 25.1 Å².